The van der Waals surface area contributed by atoms with Gasteiger partial charge in [-0.2, -0.15) is 0 Å². The highest BCUT2D eigenvalue weighted by molar-refractivity contribution is 9.10. The average molecular weight is 426 g/mol. The number of carbonyl (C=O) groups excluding carboxylic acids is 2. The van der Waals surface area contributed by atoms with Crippen molar-refractivity contribution in [1.82, 2.24) is 15.5 Å². The van der Waals surface area contributed by atoms with Gasteiger partial charge in [-0.1, -0.05) is 34.1 Å². The number of likely N-dealkylation sites (tertiary alicyclic amines) is 1. The number of urea groups is 1. The smallest absolute Gasteiger partial charge is 0.410 e. The third kappa shape index (κ3) is 6.86. The van der Waals surface area contributed by atoms with Crippen molar-refractivity contribution >= 4 is 28.1 Å². The minimum Gasteiger partial charge on any atom is -0.444 e. The van der Waals surface area contributed by atoms with E-state index in [-0.39, 0.29) is 18.2 Å². The predicted molar refractivity (Wildman–Crippen MR) is 105 cm³/mol. The first-order valence-corrected chi connectivity index (χ1v) is 9.79. The summed E-state index contributed by atoms with van der Waals surface area (Å²) in [5, 5.41) is 5.88. The molecule has 0 atom stereocenters. The van der Waals surface area contributed by atoms with Crippen molar-refractivity contribution in [3.8, 4) is 0 Å². The summed E-state index contributed by atoms with van der Waals surface area (Å²) in [5.41, 5.74) is 0.679. The van der Waals surface area contributed by atoms with E-state index in [4.69, 9.17) is 4.74 Å². The summed E-state index contributed by atoms with van der Waals surface area (Å²) < 4.78 is 6.43. The summed E-state index contributed by atoms with van der Waals surface area (Å²) in [7, 11) is 0. The Bertz CT molecular complexity index is 623. The highest BCUT2D eigenvalue weighted by Gasteiger charge is 2.27. The first-order valence-electron chi connectivity index (χ1n) is 9.00. The molecule has 26 heavy (non-hydrogen) atoms. The number of halogens is 1. The summed E-state index contributed by atoms with van der Waals surface area (Å²) in [6.45, 7) is 7.34. The molecule has 0 bridgehead atoms. The molecule has 1 aromatic rings. The molecule has 0 radical (unpaired) electrons. The average Bonchev–Trinajstić information content (AvgIpc) is 2.55. The second kappa shape index (κ2) is 9.26. The Hall–Kier alpha value is -1.76. The summed E-state index contributed by atoms with van der Waals surface area (Å²) >= 11 is 3.51. The SMILES string of the molecule is CC(C)(C)OC(=O)N1CCC(NC(=O)NCCc2ccccc2Br)CC1. The van der Waals surface area contributed by atoms with Gasteiger partial charge in [-0.3, -0.25) is 0 Å². The Labute approximate surface area is 163 Å². The van der Waals surface area contributed by atoms with Gasteiger partial charge in [-0.05, 0) is 51.7 Å². The third-order valence-electron chi connectivity index (χ3n) is 4.12. The maximum absolute atomic E-state index is 12.1. The number of hydrogen-bond acceptors (Lipinski definition) is 3. The van der Waals surface area contributed by atoms with Crippen LogP contribution < -0.4 is 10.6 Å². The molecule has 1 heterocycles. The Kier molecular flexibility index (Phi) is 7.32. The van der Waals surface area contributed by atoms with Gasteiger partial charge < -0.3 is 20.3 Å². The van der Waals surface area contributed by atoms with Gasteiger partial charge in [0.25, 0.3) is 0 Å². The Morgan fingerprint density at radius 2 is 1.88 bits per heavy atom. The normalized spacial score (nSPS) is 15.5. The van der Waals surface area contributed by atoms with E-state index in [9.17, 15) is 9.59 Å². The van der Waals surface area contributed by atoms with Crippen LogP contribution in [0.15, 0.2) is 28.7 Å². The number of benzene rings is 1. The van der Waals surface area contributed by atoms with Crippen molar-refractivity contribution in [2.75, 3.05) is 19.6 Å². The molecular formula is C19H28BrN3O3. The molecule has 3 amide bonds. The molecule has 7 heteroatoms. The summed E-state index contributed by atoms with van der Waals surface area (Å²) in [4.78, 5) is 25.8. The van der Waals surface area contributed by atoms with Crippen molar-refractivity contribution in [2.45, 2.75) is 51.7 Å². The van der Waals surface area contributed by atoms with Crippen LogP contribution >= 0.6 is 15.9 Å². The number of amides is 3. The molecule has 0 saturated carbocycles. The number of hydrogen-bond donors (Lipinski definition) is 2. The van der Waals surface area contributed by atoms with E-state index in [1.807, 2.05) is 45.0 Å². The maximum atomic E-state index is 12.1. The molecule has 0 spiro atoms. The molecule has 2 N–H and O–H groups in total. The number of rotatable bonds is 4. The first-order chi connectivity index (χ1) is 12.2. The van der Waals surface area contributed by atoms with Gasteiger partial charge in [0, 0.05) is 30.1 Å². The van der Waals surface area contributed by atoms with Crippen LogP contribution in [0.3, 0.4) is 0 Å². The minimum atomic E-state index is -0.486. The Balaban J connectivity index is 1.66. The van der Waals surface area contributed by atoms with Crippen molar-refractivity contribution in [3.63, 3.8) is 0 Å². The van der Waals surface area contributed by atoms with Crippen LogP contribution in [0.4, 0.5) is 9.59 Å². The molecule has 0 unspecified atom stereocenters. The molecule has 144 valence electrons. The molecule has 0 aliphatic carbocycles. The number of nitrogens with zero attached hydrogens (tertiary/aromatic N) is 1. The number of nitrogens with one attached hydrogen (secondary N) is 2. The van der Waals surface area contributed by atoms with Gasteiger partial charge in [0.2, 0.25) is 0 Å². The molecule has 1 fully saturated rings. The predicted octanol–water partition coefficient (Wildman–Crippen LogP) is 3.69. The maximum Gasteiger partial charge on any atom is 0.410 e. The Morgan fingerprint density at radius 1 is 1.23 bits per heavy atom. The fraction of sp³-hybridized carbons (Fsp3) is 0.579. The van der Waals surface area contributed by atoms with Gasteiger partial charge >= 0.3 is 12.1 Å². The zero-order valence-corrected chi connectivity index (χ0v) is 17.3. The molecule has 6 nitrogen and oxygen atoms in total. The van der Waals surface area contributed by atoms with Crippen LogP contribution in [-0.4, -0.2) is 48.3 Å². The van der Waals surface area contributed by atoms with Crippen molar-refractivity contribution in [3.05, 3.63) is 34.3 Å². The van der Waals surface area contributed by atoms with Crippen molar-refractivity contribution < 1.29 is 14.3 Å². The lowest BCUT2D eigenvalue weighted by Gasteiger charge is -2.33. The second-order valence-corrected chi connectivity index (χ2v) is 8.34. The Morgan fingerprint density at radius 3 is 2.50 bits per heavy atom. The topological polar surface area (TPSA) is 70.7 Å². The molecular weight excluding hydrogens is 398 g/mol. The zero-order chi connectivity index (χ0) is 19.2. The highest BCUT2D eigenvalue weighted by Crippen LogP contribution is 2.16. The van der Waals surface area contributed by atoms with Crippen LogP contribution in [0, 0.1) is 0 Å². The molecule has 1 aromatic carbocycles. The van der Waals surface area contributed by atoms with Crippen LogP contribution in [0.1, 0.15) is 39.2 Å². The van der Waals surface area contributed by atoms with Crippen LogP contribution in [0.2, 0.25) is 0 Å². The summed E-state index contributed by atoms with van der Waals surface area (Å²) in [6, 6.07) is 7.91. The quantitative estimate of drug-likeness (QED) is 0.772. The second-order valence-electron chi connectivity index (χ2n) is 7.48. The van der Waals surface area contributed by atoms with Crippen LogP contribution in [-0.2, 0) is 11.2 Å². The number of piperidine rings is 1. The van der Waals surface area contributed by atoms with E-state index < -0.39 is 5.60 Å². The molecule has 0 aromatic heterocycles. The fourth-order valence-corrected chi connectivity index (χ4v) is 3.26. The van der Waals surface area contributed by atoms with E-state index in [0.29, 0.717) is 19.6 Å². The van der Waals surface area contributed by atoms with E-state index in [1.165, 1.54) is 5.56 Å². The molecule has 2 rings (SSSR count). The third-order valence-corrected chi connectivity index (χ3v) is 4.89. The largest absolute Gasteiger partial charge is 0.444 e. The van der Waals surface area contributed by atoms with Gasteiger partial charge in [0.05, 0.1) is 0 Å². The van der Waals surface area contributed by atoms with E-state index in [0.717, 1.165) is 23.7 Å². The van der Waals surface area contributed by atoms with E-state index >= 15 is 0 Å². The monoisotopic (exact) mass is 425 g/mol. The molecule has 1 aliphatic rings. The lowest BCUT2D eigenvalue weighted by Crippen LogP contribution is -2.50. The van der Waals surface area contributed by atoms with E-state index in [2.05, 4.69) is 26.6 Å². The zero-order valence-electron chi connectivity index (χ0n) is 15.7. The minimum absolute atomic E-state index is 0.0807. The lowest BCUT2D eigenvalue weighted by molar-refractivity contribution is 0.0201. The van der Waals surface area contributed by atoms with Gasteiger partial charge in [-0.15, -0.1) is 0 Å². The standard InChI is InChI=1S/C19H28BrN3O3/c1-19(2,3)26-18(25)23-12-9-15(10-13-23)22-17(24)21-11-8-14-6-4-5-7-16(14)20/h4-7,15H,8-13H2,1-3H3,(H2,21,22,24). The van der Waals surface area contributed by atoms with Gasteiger partial charge in [0.1, 0.15) is 5.60 Å². The van der Waals surface area contributed by atoms with E-state index in [1.54, 1.807) is 4.90 Å². The number of carbonyl (C=O) groups is 2. The molecule has 1 aliphatic heterocycles. The summed E-state index contributed by atoms with van der Waals surface area (Å²) in [6.07, 6.45) is 1.95. The van der Waals surface area contributed by atoms with Crippen molar-refractivity contribution in [2.24, 2.45) is 0 Å². The first kappa shape index (κ1) is 20.6. The fourth-order valence-electron chi connectivity index (χ4n) is 2.78. The summed E-state index contributed by atoms with van der Waals surface area (Å²) in [5.74, 6) is 0. The van der Waals surface area contributed by atoms with Crippen molar-refractivity contribution in [1.29, 1.82) is 0 Å². The number of ether oxygens (including phenoxy) is 1. The molecule has 1 saturated heterocycles. The van der Waals surface area contributed by atoms with Crippen LogP contribution in [0.5, 0.6) is 0 Å². The highest BCUT2D eigenvalue weighted by atomic mass is 79.9. The van der Waals surface area contributed by atoms with Crippen LogP contribution in [0.25, 0.3) is 0 Å². The van der Waals surface area contributed by atoms with Gasteiger partial charge in [0.15, 0.2) is 0 Å². The van der Waals surface area contributed by atoms with Gasteiger partial charge in [-0.25, -0.2) is 9.59 Å². The lowest BCUT2D eigenvalue weighted by atomic mass is 10.1.